The average molecular weight is 365 g/mol. The molecule has 6 nitrogen and oxygen atoms in total. The first-order chi connectivity index (χ1) is 12.7. The lowest BCUT2D eigenvalue weighted by atomic mass is 10.1. The number of pyridine rings is 3. The molecule has 0 radical (unpaired) electrons. The van der Waals surface area contributed by atoms with E-state index in [1.807, 2.05) is 18.2 Å². The monoisotopic (exact) mass is 364 g/mol. The van der Waals surface area contributed by atoms with Crippen LogP contribution < -0.4 is 5.32 Å². The lowest BCUT2D eigenvalue weighted by Gasteiger charge is -2.11. The molecule has 0 aliphatic rings. The predicted molar refractivity (Wildman–Crippen MR) is 101 cm³/mol. The Morgan fingerprint density at radius 3 is 2.77 bits per heavy atom. The zero-order valence-corrected chi connectivity index (χ0v) is 14.5. The molecule has 0 saturated heterocycles. The Balaban J connectivity index is 1.93. The third-order valence-electron chi connectivity index (χ3n) is 3.94. The smallest absolute Gasteiger partial charge is 0.356 e. The van der Waals surface area contributed by atoms with Crippen molar-refractivity contribution in [2.45, 2.75) is 0 Å². The summed E-state index contributed by atoms with van der Waals surface area (Å²) < 4.78 is 4.74. The molecule has 0 atom stereocenters. The highest BCUT2D eigenvalue weighted by atomic mass is 35.5. The van der Waals surface area contributed by atoms with Crippen LogP contribution in [0, 0.1) is 0 Å². The minimum absolute atomic E-state index is 0.199. The maximum Gasteiger partial charge on any atom is 0.356 e. The van der Waals surface area contributed by atoms with E-state index in [0.717, 1.165) is 21.8 Å². The van der Waals surface area contributed by atoms with Crippen LogP contribution in [0.2, 0.25) is 5.02 Å². The van der Waals surface area contributed by atoms with Crippen LogP contribution in [0.5, 0.6) is 0 Å². The van der Waals surface area contributed by atoms with Crippen molar-refractivity contribution in [3.63, 3.8) is 0 Å². The molecule has 0 bridgehead atoms. The zero-order chi connectivity index (χ0) is 18.1. The van der Waals surface area contributed by atoms with Crippen LogP contribution in [0.15, 0.2) is 54.9 Å². The van der Waals surface area contributed by atoms with E-state index in [4.69, 9.17) is 16.3 Å². The van der Waals surface area contributed by atoms with Gasteiger partial charge < -0.3 is 10.1 Å². The Kier molecular flexibility index (Phi) is 4.10. The number of hydrogen-bond acceptors (Lipinski definition) is 6. The molecule has 128 valence electrons. The summed E-state index contributed by atoms with van der Waals surface area (Å²) in [6.07, 6.45) is 3.46. The highest BCUT2D eigenvalue weighted by Gasteiger charge is 2.13. The molecule has 0 spiro atoms. The van der Waals surface area contributed by atoms with Gasteiger partial charge in [0.05, 0.1) is 7.11 Å². The van der Waals surface area contributed by atoms with Crippen LogP contribution in [0.3, 0.4) is 0 Å². The van der Waals surface area contributed by atoms with Gasteiger partial charge in [-0.3, -0.25) is 4.98 Å². The number of esters is 1. The molecule has 0 saturated carbocycles. The van der Waals surface area contributed by atoms with Crippen LogP contribution in [0.25, 0.3) is 21.8 Å². The molecule has 4 aromatic rings. The molecule has 4 rings (SSSR count). The largest absolute Gasteiger partial charge is 0.464 e. The second-order valence-electron chi connectivity index (χ2n) is 5.58. The Morgan fingerprint density at radius 2 is 1.96 bits per heavy atom. The van der Waals surface area contributed by atoms with Crippen molar-refractivity contribution < 1.29 is 9.53 Å². The van der Waals surface area contributed by atoms with Gasteiger partial charge in [0.2, 0.25) is 0 Å². The van der Waals surface area contributed by atoms with E-state index in [-0.39, 0.29) is 5.69 Å². The molecule has 3 aromatic heterocycles. The van der Waals surface area contributed by atoms with Gasteiger partial charge in [-0.1, -0.05) is 17.7 Å². The van der Waals surface area contributed by atoms with Crippen LogP contribution in [0.1, 0.15) is 10.5 Å². The number of nitrogens with one attached hydrogen (secondary N) is 1. The number of carbonyl (C=O) groups excluding carboxylic acids is 1. The van der Waals surface area contributed by atoms with Gasteiger partial charge in [0.25, 0.3) is 0 Å². The lowest BCUT2D eigenvalue weighted by Crippen LogP contribution is -2.05. The second kappa shape index (κ2) is 6.57. The summed E-state index contributed by atoms with van der Waals surface area (Å²) in [7, 11) is 1.32. The summed E-state index contributed by atoms with van der Waals surface area (Å²) in [4.78, 5) is 24.9. The number of carbonyl (C=O) groups is 1. The summed E-state index contributed by atoms with van der Waals surface area (Å²) in [6, 6.07) is 12.6. The van der Waals surface area contributed by atoms with E-state index in [1.54, 1.807) is 36.7 Å². The molecular formula is C19H13ClN4O2. The number of ether oxygens (including phenoxy) is 1. The molecular weight excluding hydrogens is 352 g/mol. The standard InChI is InChI=1S/C19H13ClN4O2/c1-26-19(25)16-6-5-13-15-10-21-8-7-14(15)17(24-18(13)23-16)22-12-4-2-3-11(20)9-12/h2-10H,1H3,(H,22,23,24). The van der Waals surface area contributed by atoms with Gasteiger partial charge in [-0.2, -0.15) is 0 Å². The first kappa shape index (κ1) is 16.2. The third-order valence-corrected chi connectivity index (χ3v) is 4.18. The topological polar surface area (TPSA) is 77.0 Å². The molecule has 0 aliphatic carbocycles. The van der Waals surface area contributed by atoms with E-state index in [0.29, 0.717) is 16.5 Å². The Labute approximate surface area is 153 Å². The van der Waals surface area contributed by atoms with Crippen LogP contribution in [-0.4, -0.2) is 28.0 Å². The SMILES string of the molecule is COC(=O)c1ccc2c(n1)nc(Nc1cccc(Cl)c1)c1ccncc12. The van der Waals surface area contributed by atoms with Gasteiger partial charge in [-0.25, -0.2) is 14.8 Å². The first-order valence-electron chi connectivity index (χ1n) is 7.81. The van der Waals surface area contributed by atoms with Crippen molar-refractivity contribution in [2.24, 2.45) is 0 Å². The summed E-state index contributed by atoms with van der Waals surface area (Å²) >= 11 is 6.06. The average Bonchev–Trinajstić information content (AvgIpc) is 2.67. The van der Waals surface area contributed by atoms with E-state index in [2.05, 4.69) is 20.3 Å². The van der Waals surface area contributed by atoms with Crippen molar-refractivity contribution in [2.75, 3.05) is 12.4 Å². The second-order valence-corrected chi connectivity index (χ2v) is 6.01. The molecule has 0 amide bonds. The summed E-state index contributed by atoms with van der Waals surface area (Å²) in [5, 5.41) is 6.45. The summed E-state index contributed by atoms with van der Waals surface area (Å²) in [5.41, 5.74) is 1.42. The molecule has 0 aliphatic heterocycles. The number of methoxy groups -OCH3 is 1. The minimum Gasteiger partial charge on any atom is -0.464 e. The van der Waals surface area contributed by atoms with Gasteiger partial charge >= 0.3 is 5.97 Å². The maximum absolute atomic E-state index is 11.8. The quantitative estimate of drug-likeness (QED) is 0.430. The fraction of sp³-hybridized carbons (Fsp3) is 0.0526. The van der Waals surface area contributed by atoms with Crippen LogP contribution in [-0.2, 0) is 4.74 Å². The number of aromatic nitrogens is 3. The van der Waals surface area contributed by atoms with E-state index in [9.17, 15) is 4.79 Å². The molecule has 1 aromatic carbocycles. The van der Waals surface area contributed by atoms with Gasteiger partial charge in [0, 0.05) is 39.3 Å². The fourth-order valence-corrected chi connectivity index (χ4v) is 2.93. The van der Waals surface area contributed by atoms with Gasteiger partial charge in [0.1, 0.15) is 5.82 Å². The number of rotatable bonds is 3. The van der Waals surface area contributed by atoms with E-state index >= 15 is 0 Å². The Morgan fingerprint density at radius 1 is 1.08 bits per heavy atom. The minimum atomic E-state index is -0.510. The van der Waals surface area contributed by atoms with E-state index < -0.39 is 5.97 Å². The molecule has 26 heavy (non-hydrogen) atoms. The number of fused-ring (bicyclic) bond motifs is 3. The number of nitrogens with zero attached hydrogens (tertiary/aromatic N) is 3. The maximum atomic E-state index is 11.8. The van der Waals surface area contributed by atoms with Gasteiger partial charge in [-0.05, 0) is 36.4 Å². The van der Waals surface area contributed by atoms with Gasteiger partial charge in [0.15, 0.2) is 11.3 Å². The highest BCUT2D eigenvalue weighted by molar-refractivity contribution is 6.30. The van der Waals surface area contributed by atoms with Crippen molar-refractivity contribution in [3.05, 3.63) is 65.6 Å². The summed E-state index contributed by atoms with van der Waals surface area (Å²) in [6.45, 7) is 0. The number of benzene rings is 1. The number of hydrogen-bond donors (Lipinski definition) is 1. The first-order valence-corrected chi connectivity index (χ1v) is 8.19. The highest BCUT2D eigenvalue weighted by Crippen LogP contribution is 2.30. The molecule has 0 fully saturated rings. The fourth-order valence-electron chi connectivity index (χ4n) is 2.74. The number of anilines is 2. The Bertz CT molecular complexity index is 1150. The van der Waals surface area contributed by atoms with Gasteiger partial charge in [-0.15, -0.1) is 0 Å². The van der Waals surface area contributed by atoms with E-state index in [1.165, 1.54) is 7.11 Å². The van der Waals surface area contributed by atoms with Crippen molar-refractivity contribution in [3.8, 4) is 0 Å². The number of halogens is 1. The zero-order valence-electron chi connectivity index (χ0n) is 13.7. The molecule has 0 unspecified atom stereocenters. The third kappa shape index (κ3) is 2.91. The van der Waals surface area contributed by atoms with Crippen LogP contribution in [0.4, 0.5) is 11.5 Å². The van der Waals surface area contributed by atoms with Crippen molar-refractivity contribution in [1.82, 2.24) is 15.0 Å². The molecule has 3 heterocycles. The summed E-state index contributed by atoms with van der Waals surface area (Å²) in [5.74, 6) is 0.0935. The predicted octanol–water partition coefficient (Wildman–Crippen LogP) is 4.36. The van der Waals surface area contributed by atoms with Crippen molar-refractivity contribution >= 4 is 50.9 Å². The van der Waals surface area contributed by atoms with Crippen molar-refractivity contribution in [1.29, 1.82) is 0 Å². The lowest BCUT2D eigenvalue weighted by molar-refractivity contribution is 0.0594. The molecule has 7 heteroatoms. The van der Waals surface area contributed by atoms with Crippen LogP contribution >= 0.6 is 11.6 Å². The Hall–Kier alpha value is -3.25. The molecule has 1 N–H and O–H groups in total. The normalized spacial score (nSPS) is 10.8.